The van der Waals surface area contributed by atoms with Gasteiger partial charge in [0, 0.05) is 18.7 Å². The standard InChI is InChI=1S/C6H7NO2/c1-2-6(9)7-4-3-5-8/h3-4H,2H2,1H3. The van der Waals surface area contributed by atoms with Gasteiger partial charge >= 0.3 is 0 Å². The molecule has 0 aromatic heterocycles. The molecule has 0 atom stereocenters. The van der Waals surface area contributed by atoms with E-state index in [0.717, 1.165) is 12.3 Å². The molecule has 0 aliphatic heterocycles. The highest BCUT2D eigenvalue weighted by Gasteiger charge is 1.86. The Kier molecular flexibility index (Phi) is 4.27. The summed E-state index contributed by atoms with van der Waals surface area (Å²) in [5.41, 5.74) is 0. The lowest BCUT2D eigenvalue weighted by Gasteiger charge is -1.78. The van der Waals surface area contributed by atoms with Crippen LogP contribution in [-0.2, 0) is 9.59 Å². The minimum atomic E-state index is -0.235. The van der Waals surface area contributed by atoms with Crippen molar-refractivity contribution >= 4 is 18.1 Å². The van der Waals surface area contributed by atoms with Crippen LogP contribution in [0.5, 0.6) is 0 Å². The molecule has 0 radical (unpaired) electrons. The smallest absolute Gasteiger partial charge is 0.245 e. The lowest BCUT2D eigenvalue weighted by molar-refractivity contribution is -0.117. The Morgan fingerprint density at radius 2 is 2.44 bits per heavy atom. The normalized spacial score (nSPS) is 9.00. The summed E-state index contributed by atoms with van der Waals surface area (Å²) in [5, 5.41) is 0. The summed E-state index contributed by atoms with van der Waals surface area (Å²) >= 11 is 0. The first-order valence-electron chi connectivity index (χ1n) is 2.57. The number of nitrogens with zero attached hydrogens (tertiary/aromatic N) is 1. The van der Waals surface area contributed by atoms with Gasteiger partial charge in [-0.15, -0.1) is 0 Å². The molecule has 0 bridgehead atoms. The number of allylic oxidation sites excluding steroid dienone is 1. The summed E-state index contributed by atoms with van der Waals surface area (Å²) < 4.78 is 0. The van der Waals surface area contributed by atoms with E-state index in [1.807, 2.05) is 0 Å². The van der Waals surface area contributed by atoms with E-state index in [0.29, 0.717) is 6.42 Å². The van der Waals surface area contributed by atoms with Crippen LogP contribution in [0.15, 0.2) is 11.1 Å². The number of rotatable bonds is 2. The second-order valence-corrected chi connectivity index (χ2v) is 1.31. The fourth-order valence-corrected chi connectivity index (χ4v) is 0.242. The summed E-state index contributed by atoms with van der Waals surface area (Å²) in [6, 6.07) is 0. The Hall–Kier alpha value is -1.21. The molecule has 0 fully saturated rings. The molecule has 3 heteroatoms. The zero-order valence-corrected chi connectivity index (χ0v) is 5.13. The van der Waals surface area contributed by atoms with Gasteiger partial charge in [-0.05, 0) is 0 Å². The molecule has 0 spiro atoms. The van der Waals surface area contributed by atoms with E-state index < -0.39 is 0 Å². The molecule has 0 unspecified atom stereocenters. The van der Waals surface area contributed by atoms with E-state index in [-0.39, 0.29) is 5.91 Å². The number of hydrogen-bond acceptors (Lipinski definition) is 2. The molecule has 0 rings (SSSR count). The van der Waals surface area contributed by atoms with E-state index in [9.17, 15) is 9.59 Å². The number of hydrogen-bond donors (Lipinski definition) is 0. The van der Waals surface area contributed by atoms with Crippen LogP contribution in [-0.4, -0.2) is 18.1 Å². The predicted molar refractivity (Wildman–Crippen MR) is 34.1 cm³/mol. The van der Waals surface area contributed by atoms with Gasteiger partial charge < -0.3 is 0 Å². The molecule has 1 amide bonds. The Morgan fingerprint density at radius 1 is 1.78 bits per heavy atom. The Morgan fingerprint density at radius 3 is 2.89 bits per heavy atom. The lowest BCUT2D eigenvalue weighted by atomic mass is 10.5. The van der Waals surface area contributed by atoms with Gasteiger partial charge in [0.1, 0.15) is 5.94 Å². The van der Waals surface area contributed by atoms with Crippen LogP contribution in [0, 0.1) is 0 Å². The van der Waals surface area contributed by atoms with E-state index >= 15 is 0 Å². The molecule has 0 saturated carbocycles. The highest BCUT2D eigenvalue weighted by atomic mass is 16.1. The maximum Gasteiger partial charge on any atom is 0.245 e. The minimum Gasteiger partial charge on any atom is -0.273 e. The van der Waals surface area contributed by atoms with Crippen molar-refractivity contribution in [2.45, 2.75) is 13.3 Å². The van der Waals surface area contributed by atoms with Crippen LogP contribution in [0.4, 0.5) is 0 Å². The van der Waals surface area contributed by atoms with Crippen molar-refractivity contribution in [3.8, 4) is 0 Å². The Balaban J connectivity index is 3.70. The molecule has 9 heavy (non-hydrogen) atoms. The molecule has 3 nitrogen and oxygen atoms in total. The van der Waals surface area contributed by atoms with Crippen molar-refractivity contribution in [1.29, 1.82) is 0 Å². The van der Waals surface area contributed by atoms with Gasteiger partial charge in [0.15, 0.2) is 0 Å². The highest BCUT2D eigenvalue weighted by molar-refractivity contribution is 5.91. The van der Waals surface area contributed by atoms with E-state index in [1.54, 1.807) is 6.92 Å². The molecular formula is C6H7NO2. The highest BCUT2D eigenvalue weighted by Crippen LogP contribution is 1.78. The van der Waals surface area contributed by atoms with Crippen LogP contribution in [0.1, 0.15) is 13.3 Å². The van der Waals surface area contributed by atoms with Gasteiger partial charge in [0.05, 0.1) is 0 Å². The zero-order valence-electron chi connectivity index (χ0n) is 5.13. The van der Waals surface area contributed by atoms with E-state index in [4.69, 9.17) is 0 Å². The zero-order chi connectivity index (χ0) is 7.11. The molecule has 0 aromatic rings. The first-order chi connectivity index (χ1) is 4.31. The number of aliphatic imine (C=N–C) groups is 1. The van der Waals surface area contributed by atoms with Crippen molar-refractivity contribution in [3.05, 3.63) is 6.08 Å². The monoisotopic (exact) mass is 125 g/mol. The Bertz CT molecular complexity index is 166. The van der Waals surface area contributed by atoms with Crippen molar-refractivity contribution in [2.75, 3.05) is 0 Å². The van der Waals surface area contributed by atoms with Crippen molar-refractivity contribution < 1.29 is 9.59 Å². The molecule has 0 N–H and O–H groups in total. The van der Waals surface area contributed by atoms with Gasteiger partial charge in [-0.3, -0.25) is 4.79 Å². The van der Waals surface area contributed by atoms with Gasteiger partial charge in [-0.25, -0.2) is 9.79 Å². The maximum absolute atomic E-state index is 10.3. The van der Waals surface area contributed by atoms with Gasteiger partial charge in [0.25, 0.3) is 0 Å². The molecule has 48 valence electrons. The second kappa shape index (κ2) is 4.94. The quantitative estimate of drug-likeness (QED) is 0.395. The predicted octanol–water partition coefficient (Wildman–Crippen LogP) is 0.382. The van der Waals surface area contributed by atoms with Gasteiger partial charge in [0.2, 0.25) is 5.91 Å². The van der Waals surface area contributed by atoms with E-state index in [2.05, 4.69) is 4.99 Å². The van der Waals surface area contributed by atoms with Crippen LogP contribution < -0.4 is 0 Å². The first kappa shape index (κ1) is 7.79. The topological polar surface area (TPSA) is 46.5 Å². The SMILES string of the molecule is CCC(=O)N=CC=C=O. The fourth-order valence-electron chi connectivity index (χ4n) is 0.242. The molecule has 0 aliphatic carbocycles. The largest absolute Gasteiger partial charge is 0.273 e. The van der Waals surface area contributed by atoms with Gasteiger partial charge in [-0.1, -0.05) is 6.92 Å². The molecule has 0 saturated heterocycles. The summed E-state index contributed by atoms with van der Waals surface area (Å²) in [6.07, 6.45) is 2.55. The molecule has 0 aromatic carbocycles. The maximum atomic E-state index is 10.3. The van der Waals surface area contributed by atoms with Crippen molar-refractivity contribution in [2.24, 2.45) is 4.99 Å². The third-order valence-electron chi connectivity index (χ3n) is 0.664. The van der Waals surface area contributed by atoms with Crippen LogP contribution in [0.2, 0.25) is 0 Å². The average Bonchev–Trinajstić information content (AvgIpc) is 1.89. The fraction of sp³-hybridized carbons (Fsp3) is 0.333. The van der Waals surface area contributed by atoms with Crippen molar-refractivity contribution in [1.82, 2.24) is 0 Å². The third kappa shape index (κ3) is 4.65. The summed E-state index contributed by atoms with van der Waals surface area (Å²) in [5.74, 6) is 1.24. The number of carbonyl (C=O) groups is 1. The van der Waals surface area contributed by atoms with Crippen LogP contribution in [0.25, 0.3) is 0 Å². The first-order valence-corrected chi connectivity index (χ1v) is 2.57. The van der Waals surface area contributed by atoms with Crippen LogP contribution in [0.3, 0.4) is 0 Å². The number of amides is 1. The van der Waals surface area contributed by atoms with Crippen LogP contribution >= 0.6 is 0 Å². The minimum absolute atomic E-state index is 0.235. The molecular weight excluding hydrogens is 118 g/mol. The van der Waals surface area contributed by atoms with Gasteiger partial charge in [-0.2, -0.15) is 0 Å². The summed E-state index contributed by atoms with van der Waals surface area (Å²) in [4.78, 5) is 23.2. The number of carbonyl (C=O) groups excluding carboxylic acids is 2. The van der Waals surface area contributed by atoms with E-state index in [1.165, 1.54) is 5.94 Å². The average molecular weight is 125 g/mol. The summed E-state index contributed by atoms with van der Waals surface area (Å²) in [6.45, 7) is 1.70. The third-order valence-corrected chi connectivity index (χ3v) is 0.664. The summed E-state index contributed by atoms with van der Waals surface area (Å²) in [7, 11) is 0. The van der Waals surface area contributed by atoms with Crippen molar-refractivity contribution in [3.63, 3.8) is 0 Å². The molecule has 0 heterocycles. The second-order valence-electron chi connectivity index (χ2n) is 1.31. The Labute approximate surface area is 53.1 Å². The molecule has 0 aliphatic rings. The lowest BCUT2D eigenvalue weighted by Crippen LogP contribution is -1.87.